The van der Waals surface area contributed by atoms with Crippen molar-refractivity contribution in [2.24, 2.45) is 0 Å². The number of piperazine rings is 1. The standard InChI is InChI=1S/C10H15ClN4O2S/c11-1-8-18(16,17)15-6-4-14(5-7-15)10-9-12-2-3-13-10/h2-3,9H,1,4-8H2. The largest absolute Gasteiger partial charge is 0.353 e. The van der Waals surface area contributed by atoms with Crippen LogP contribution in [-0.2, 0) is 10.0 Å². The molecule has 1 aliphatic rings. The maximum absolute atomic E-state index is 11.8. The first-order valence-corrected chi connectivity index (χ1v) is 7.82. The van der Waals surface area contributed by atoms with Crippen molar-refractivity contribution in [2.75, 3.05) is 42.7 Å². The summed E-state index contributed by atoms with van der Waals surface area (Å²) < 4.78 is 25.1. The highest BCUT2D eigenvalue weighted by molar-refractivity contribution is 7.89. The zero-order valence-corrected chi connectivity index (χ0v) is 11.4. The molecule has 1 aliphatic heterocycles. The Morgan fingerprint density at radius 1 is 1.22 bits per heavy atom. The Kier molecular flexibility index (Phi) is 4.36. The lowest BCUT2D eigenvalue weighted by molar-refractivity contribution is 0.384. The molecule has 0 bridgehead atoms. The fraction of sp³-hybridized carbons (Fsp3) is 0.600. The summed E-state index contributed by atoms with van der Waals surface area (Å²) in [5.74, 6) is 0.916. The van der Waals surface area contributed by atoms with Gasteiger partial charge in [0.1, 0.15) is 5.82 Å². The van der Waals surface area contributed by atoms with Gasteiger partial charge in [-0.1, -0.05) is 0 Å². The van der Waals surface area contributed by atoms with Gasteiger partial charge >= 0.3 is 0 Å². The molecule has 1 aromatic heterocycles. The van der Waals surface area contributed by atoms with Crippen molar-refractivity contribution in [3.63, 3.8) is 0 Å². The molecule has 18 heavy (non-hydrogen) atoms. The Bertz CT molecular complexity index is 474. The second-order valence-corrected chi connectivity index (χ2v) is 6.42. The van der Waals surface area contributed by atoms with Crippen molar-refractivity contribution in [3.8, 4) is 0 Å². The van der Waals surface area contributed by atoms with Gasteiger partial charge in [0.2, 0.25) is 10.0 Å². The van der Waals surface area contributed by atoms with Gasteiger partial charge in [-0.15, -0.1) is 11.6 Å². The van der Waals surface area contributed by atoms with E-state index in [0.29, 0.717) is 26.2 Å². The molecule has 0 aromatic carbocycles. The monoisotopic (exact) mass is 290 g/mol. The number of rotatable bonds is 4. The molecular weight excluding hydrogens is 276 g/mol. The molecule has 1 fully saturated rings. The number of alkyl halides is 1. The van der Waals surface area contributed by atoms with Gasteiger partial charge in [-0.25, -0.2) is 13.4 Å². The Morgan fingerprint density at radius 2 is 1.94 bits per heavy atom. The van der Waals surface area contributed by atoms with Crippen LogP contribution in [-0.4, -0.2) is 60.5 Å². The van der Waals surface area contributed by atoms with Crippen LogP contribution in [0.2, 0.25) is 0 Å². The molecule has 0 amide bonds. The van der Waals surface area contributed by atoms with E-state index in [4.69, 9.17) is 11.6 Å². The van der Waals surface area contributed by atoms with Crippen molar-refractivity contribution in [1.29, 1.82) is 0 Å². The summed E-state index contributed by atoms with van der Waals surface area (Å²) in [5.41, 5.74) is 0. The molecule has 2 heterocycles. The van der Waals surface area contributed by atoms with Gasteiger partial charge < -0.3 is 4.90 Å². The first kappa shape index (κ1) is 13.5. The number of sulfonamides is 1. The number of hydrogen-bond acceptors (Lipinski definition) is 5. The molecule has 1 aromatic rings. The van der Waals surface area contributed by atoms with Crippen molar-refractivity contribution in [2.45, 2.75) is 0 Å². The third kappa shape index (κ3) is 3.09. The van der Waals surface area contributed by atoms with Crippen LogP contribution < -0.4 is 4.90 Å². The van der Waals surface area contributed by atoms with Gasteiger partial charge in [-0.3, -0.25) is 4.98 Å². The predicted molar refractivity (Wildman–Crippen MR) is 70.3 cm³/mol. The Hall–Kier alpha value is -0.920. The van der Waals surface area contributed by atoms with E-state index in [2.05, 4.69) is 9.97 Å². The van der Waals surface area contributed by atoms with Gasteiger partial charge in [0.15, 0.2) is 0 Å². The minimum absolute atomic E-state index is 0.000300. The summed E-state index contributed by atoms with van der Waals surface area (Å²) in [7, 11) is -3.20. The molecule has 2 rings (SSSR count). The molecule has 0 saturated carbocycles. The van der Waals surface area contributed by atoms with Gasteiger partial charge in [-0.2, -0.15) is 4.31 Å². The molecule has 0 N–H and O–H groups in total. The van der Waals surface area contributed by atoms with E-state index in [1.54, 1.807) is 18.6 Å². The number of anilines is 1. The van der Waals surface area contributed by atoms with Crippen LogP contribution in [0.15, 0.2) is 18.6 Å². The van der Waals surface area contributed by atoms with E-state index in [-0.39, 0.29) is 11.6 Å². The minimum atomic E-state index is -3.20. The van der Waals surface area contributed by atoms with Crippen LogP contribution in [0.3, 0.4) is 0 Å². The molecule has 0 aliphatic carbocycles. The average molecular weight is 291 g/mol. The summed E-state index contributed by atoms with van der Waals surface area (Å²) in [5, 5.41) is 0. The number of aromatic nitrogens is 2. The second kappa shape index (κ2) is 5.81. The van der Waals surface area contributed by atoms with E-state index in [9.17, 15) is 8.42 Å². The first-order valence-electron chi connectivity index (χ1n) is 5.68. The van der Waals surface area contributed by atoms with Gasteiger partial charge in [0, 0.05) is 44.5 Å². The summed E-state index contributed by atoms with van der Waals surface area (Å²) in [6.07, 6.45) is 4.93. The molecule has 100 valence electrons. The molecular formula is C10H15ClN4O2S. The molecule has 0 radical (unpaired) electrons. The van der Waals surface area contributed by atoms with Crippen molar-refractivity contribution in [3.05, 3.63) is 18.6 Å². The summed E-state index contributed by atoms with van der Waals surface area (Å²) in [4.78, 5) is 10.2. The van der Waals surface area contributed by atoms with Crippen LogP contribution in [0.4, 0.5) is 5.82 Å². The van der Waals surface area contributed by atoms with E-state index in [1.165, 1.54) is 4.31 Å². The molecule has 0 spiro atoms. The first-order chi connectivity index (χ1) is 8.63. The zero-order valence-electron chi connectivity index (χ0n) is 9.87. The number of hydrogen-bond donors (Lipinski definition) is 0. The molecule has 1 saturated heterocycles. The number of halogens is 1. The van der Waals surface area contributed by atoms with Crippen LogP contribution in [0, 0.1) is 0 Å². The minimum Gasteiger partial charge on any atom is -0.353 e. The van der Waals surface area contributed by atoms with Crippen LogP contribution in [0.5, 0.6) is 0 Å². The quantitative estimate of drug-likeness (QED) is 0.740. The maximum Gasteiger partial charge on any atom is 0.215 e. The predicted octanol–water partition coefficient (Wildman–Crippen LogP) is 0.167. The summed E-state index contributed by atoms with van der Waals surface area (Å²) in [6.45, 7) is 2.19. The Balaban J connectivity index is 1.97. The maximum atomic E-state index is 11.8. The number of nitrogens with zero attached hydrogens (tertiary/aromatic N) is 4. The molecule has 8 heteroatoms. The highest BCUT2D eigenvalue weighted by Gasteiger charge is 2.26. The fourth-order valence-electron chi connectivity index (χ4n) is 1.88. The van der Waals surface area contributed by atoms with Gasteiger partial charge in [0.05, 0.1) is 11.9 Å². The van der Waals surface area contributed by atoms with E-state index in [0.717, 1.165) is 5.82 Å². The molecule has 0 unspecified atom stereocenters. The van der Waals surface area contributed by atoms with Crippen molar-refractivity contribution in [1.82, 2.24) is 14.3 Å². The summed E-state index contributed by atoms with van der Waals surface area (Å²) in [6, 6.07) is 0. The van der Waals surface area contributed by atoms with Crippen molar-refractivity contribution < 1.29 is 8.42 Å². The topological polar surface area (TPSA) is 66.4 Å². The fourth-order valence-corrected chi connectivity index (χ4v) is 3.63. The highest BCUT2D eigenvalue weighted by Crippen LogP contribution is 2.14. The van der Waals surface area contributed by atoms with Crippen LogP contribution in [0.1, 0.15) is 0 Å². The molecule has 0 atom stereocenters. The van der Waals surface area contributed by atoms with Gasteiger partial charge in [0.25, 0.3) is 0 Å². The van der Waals surface area contributed by atoms with Gasteiger partial charge in [-0.05, 0) is 0 Å². The van der Waals surface area contributed by atoms with E-state index < -0.39 is 10.0 Å². The average Bonchev–Trinajstić information content (AvgIpc) is 2.40. The SMILES string of the molecule is O=S(=O)(CCCl)N1CCN(c2cnccn2)CC1. The highest BCUT2D eigenvalue weighted by atomic mass is 35.5. The van der Waals surface area contributed by atoms with Crippen LogP contribution in [0.25, 0.3) is 0 Å². The van der Waals surface area contributed by atoms with E-state index in [1.807, 2.05) is 4.90 Å². The molecule has 6 nitrogen and oxygen atoms in total. The third-order valence-electron chi connectivity index (χ3n) is 2.84. The summed E-state index contributed by atoms with van der Waals surface area (Å²) >= 11 is 5.50. The lowest BCUT2D eigenvalue weighted by Crippen LogP contribution is -2.49. The normalized spacial score (nSPS) is 17.9. The third-order valence-corrected chi connectivity index (χ3v) is 5.13. The van der Waals surface area contributed by atoms with Crippen molar-refractivity contribution >= 4 is 27.4 Å². The second-order valence-electron chi connectivity index (χ2n) is 3.95. The zero-order chi connectivity index (χ0) is 13.0. The lowest BCUT2D eigenvalue weighted by Gasteiger charge is -2.34. The Morgan fingerprint density at radius 3 is 2.50 bits per heavy atom. The lowest BCUT2D eigenvalue weighted by atomic mass is 10.3. The van der Waals surface area contributed by atoms with Crippen LogP contribution >= 0.6 is 11.6 Å². The Labute approximate surface area is 112 Å². The smallest absolute Gasteiger partial charge is 0.215 e. The van der Waals surface area contributed by atoms with E-state index >= 15 is 0 Å².